The smallest absolute Gasteiger partial charge is 0.307 e. The maximum Gasteiger partial charge on any atom is 0.307 e. The first-order valence-corrected chi connectivity index (χ1v) is 7.61. The molecule has 1 aromatic rings. The second kappa shape index (κ2) is 4.58. The molecule has 0 N–H and O–H groups in total. The summed E-state index contributed by atoms with van der Waals surface area (Å²) in [5.74, 6) is -0.485. The Bertz CT molecular complexity index is 588. The third-order valence-electron chi connectivity index (χ3n) is 5.09. The molecule has 0 bridgehead atoms. The third-order valence-corrected chi connectivity index (χ3v) is 5.09. The van der Waals surface area contributed by atoms with Crippen molar-refractivity contribution in [2.24, 2.45) is 5.92 Å². The summed E-state index contributed by atoms with van der Waals surface area (Å²) in [5, 5.41) is 3.94. The van der Waals surface area contributed by atoms with Gasteiger partial charge in [0.1, 0.15) is 11.9 Å². The number of hydrogen-bond donors (Lipinski definition) is 0. The van der Waals surface area contributed by atoms with Crippen molar-refractivity contribution in [3.63, 3.8) is 0 Å². The van der Waals surface area contributed by atoms with E-state index in [1.807, 2.05) is 4.90 Å². The number of hydrogen-bond acceptors (Lipinski definition) is 5. The molecule has 1 aromatic heterocycles. The first kappa shape index (κ1) is 12.9. The van der Waals surface area contributed by atoms with Gasteiger partial charge in [-0.15, -0.1) is 0 Å². The van der Waals surface area contributed by atoms with Crippen LogP contribution in [-0.2, 0) is 27.3 Å². The summed E-state index contributed by atoms with van der Waals surface area (Å²) in [6.07, 6.45) is 6.26. The molecule has 1 unspecified atom stereocenters. The quantitative estimate of drug-likeness (QED) is 0.732. The molecule has 1 amide bonds. The van der Waals surface area contributed by atoms with Crippen molar-refractivity contribution in [1.82, 2.24) is 10.1 Å². The van der Waals surface area contributed by atoms with E-state index in [2.05, 4.69) is 5.16 Å². The molecule has 2 fully saturated rings. The zero-order valence-electron chi connectivity index (χ0n) is 11.8. The molecule has 6 nitrogen and oxygen atoms in total. The van der Waals surface area contributed by atoms with Crippen LogP contribution in [0.2, 0.25) is 0 Å². The Labute approximate surface area is 122 Å². The molecule has 1 spiro atoms. The van der Waals surface area contributed by atoms with E-state index >= 15 is 0 Å². The van der Waals surface area contributed by atoms with E-state index < -0.39 is 5.60 Å². The summed E-state index contributed by atoms with van der Waals surface area (Å²) in [6, 6.07) is 0. The van der Waals surface area contributed by atoms with Gasteiger partial charge in [-0.1, -0.05) is 5.16 Å². The molecule has 0 radical (unpaired) electrons. The summed E-state index contributed by atoms with van der Waals surface area (Å²) in [4.78, 5) is 26.4. The van der Waals surface area contributed by atoms with Gasteiger partial charge >= 0.3 is 5.97 Å². The second-order valence-corrected chi connectivity index (χ2v) is 6.30. The van der Waals surface area contributed by atoms with Crippen LogP contribution in [0, 0.1) is 5.92 Å². The van der Waals surface area contributed by atoms with Crippen molar-refractivity contribution in [3.05, 3.63) is 17.5 Å². The summed E-state index contributed by atoms with van der Waals surface area (Å²) < 4.78 is 10.5. The average Bonchev–Trinajstić information content (AvgIpc) is 3.18. The third kappa shape index (κ3) is 1.96. The van der Waals surface area contributed by atoms with Gasteiger partial charge in [0.2, 0.25) is 5.91 Å². The number of rotatable bonds is 1. The van der Waals surface area contributed by atoms with Gasteiger partial charge in [0.05, 0.1) is 24.6 Å². The Balaban J connectivity index is 1.56. The zero-order valence-corrected chi connectivity index (χ0v) is 11.8. The molecule has 112 valence electrons. The summed E-state index contributed by atoms with van der Waals surface area (Å²) in [6.45, 7) is 1.16. The predicted molar refractivity (Wildman–Crippen MR) is 71.0 cm³/mol. The van der Waals surface area contributed by atoms with Crippen molar-refractivity contribution < 1.29 is 18.8 Å². The monoisotopic (exact) mass is 290 g/mol. The molecule has 1 aliphatic carbocycles. The van der Waals surface area contributed by atoms with Crippen molar-refractivity contribution >= 4 is 11.9 Å². The van der Waals surface area contributed by atoms with E-state index in [1.54, 1.807) is 6.26 Å². The molecule has 2 aliphatic heterocycles. The lowest BCUT2D eigenvalue weighted by Crippen LogP contribution is -2.46. The molecule has 6 heteroatoms. The van der Waals surface area contributed by atoms with Gasteiger partial charge < -0.3 is 14.2 Å². The van der Waals surface area contributed by atoms with Crippen LogP contribution in [0.3, 0.4) is 0 Å². The number of aromatic nitrogens is 1. The highest BCUT2D eigenvalue weighted by atomic mass is 16.6. The van der Waals surface area contributed by atoms with E-state index in [0.29, 0.717) is 19.5 Å². The van der Waals surface area contributed by atoms with E-state index in [-0.39, 0.29) is 24.2 Å². The molecule has 0 aromatic carbocycles. The zero-order chi connectivity index (χ0) is 14.4. The fourth-order valence-electron chi connectivity index (χ4n) is 3.98. The number of carbonyl (C=O) groups excluding carboxylic acids is 2. The predicted octanol–water partition coefficient (Wildman–Crippen LogP) is 1.44. The lowest BCUT2D eigenvalue weighted by atomic mass is 9.84. The lowest BCUT2D eigenvalue weighted by Gasteiger charge is -2.33. The van der Waals surface area contributed by atoms with Gasteiger partial charge in [-0.05, 0) is 25.7 Å². The summed E-state index contributed by atoms with van der Waals surface area (Å²) >= 11 is 0. The number of amides is 1. The topological polar surface area (TPSA) is 72.6 Å². The molecule has 3 aliphatic rings. The highest BCUT2D eigenvalue weighted by molar-refractivity contribution is 5.88. The maximum atomic E-state index is 12.9. The van der Waals surface area contributed by atoms with Gasteiger partial charge in [0, 0.05) is 18.5 Å². The number of esters is 1. The van der Waals surface area contributed by atoms with Crippen LogP contribution in [0.4, 0.5) is 0 Å². The molecule has 1 atom stereocenters. The molecule has 4 rings (SSSR count). The van der Waals surface area contributed by atoms with Crippen molar-refractivity contribution in [1.29, 1.82) is 0 Å². The van der Waals surface area contributed by atoms with Crippen LogP contribution in [0.1, 0.15) is 43.4 Å². The van der Waals surface area contributed by atoms with Gasteiger partial charge in [0.25, 0.3) is 0 Å². The molecule has 1 saturated heterocycles. The first-order chi connectivity index (χ1) is 10.2. The van der Waals surface area contributed by atoms with E-state index in [9.17, 15) is 9.59 Å². The van der Waals surface area contributed by atoms with E-state index in [0.717, 1.165) is 36.9 Å². The van der Waals surface area contributed by atoms with Crippen LogP contribution in [-0.4, -0.2) is 34.1 Å². The Hall–Kier alpha value is -1.85. The standard InChI is InChI=1S/C15H18N2O4/c18-13-7-11(15(21-13)4-1-2-5-15)14(19)17-6-3-12-10(8-17)9-20-16-12/h9,11H,1-8H2. The highest BCUT2D eigenvalue weighted by Crippen LogP contribution is 2.46. The average molecular weight is 290 g/mol. The van der Waals surface area contributed by atoms with Crippen LogP contribution < -0.4 is 0 Å². The summed E-state index contributed by atoms with van der Waals surface area (Å²) in [5.41, 5.74) is 1.39. The van der Waals surface area contributed by atoms with Gasteiger partial charge in [-0.3, -0.25) is 9.59 Å². The van der Waals surface area contributed by atoms with Crippen LogP contribution in [0.25, 0.3) is 0 Å². The first-order valence-electron chi connectivity index (χ1n) is 7.61. The molecule has 1 saturated carbocycles. The largest absolute Gasteiger partial charge is 0.458 e. The van der Waals surface area contributed by atoms with Crippen molar-refractivity contribution in [2.75, 3.05) is 6.54 Å². The van der Waals surface area contributed by atoms with Gasteiger partial charge in [-0.25, -0.2) is 0 Å². The van der Waals surface area contributed by atoms with Crippen LogP contribution in [0.5, 0.6) is 0 Å². The fourth-order valence-corrected chi connectivity index (χ4v) is 3.98. The molecule has 3 heterocycles. The summed E-state index contributed by atoms with van der Waals surface area (Å²) in [7, 11) is 0. The van der Waals surface area contributed by atoms with E-state index in [4.69, 9.17) is 9.26 Å². The minimum absolute atomic E-state index is 0.0506. The normalized spacial score (nSPS) is 27.0. The molecule has 21 heavy (non-hydrogen) atoms. The van der Waals surface area contributed by atoms with Crippen LogP contribution >= 0.6 is 0 Å². The Morgan fingerprint density at radius 2 is 2.19 bits per heavy atom. The Morgan fingerprint density at radius 3 is 3.00 bits per heavy atom. The Morgan fingerprint density at radius 1 is 1.38 bits per heavy atom. The molecular formula is C15H18N2O4. The van der Waals surface area contributed by atoms with E-state index in [1.165, 1.54) is 0 Å². The SMILES string of the molecule is O=C1CC(C(=O)N2CCc3nocc3C2)C2(CCCC2)O1. The van der Waals surface area contributed by atoms with Gasteiger partial charge in [-0.2, -0.15) is 0 Å². The molecular weight excluding hydrogens is 272 g/mol. The van der Waals surface area contributed by atoms with Crippen molar-refractivity contribution in [3.8, 4) is 0 Å². The fraction of sp³-hybridized carbons (Fsp3) is 0.667. The minimum Gasteiger partial charge on any atom is -0.458 e. The highest BCUT2D eigenvalue weighted by Gasteiger charge is 2.55. The maximum absolute atomic E-state index is 12.9. The number of ether oxygens (including phenoxy) is 1. The minimum atomic E-state index is -0.525. The second-order valence-electron chi connectivity index (χ2n) is 6.30. The number of nitrogens with zero attached hydrogens (tertiary/aromatic N) is 2. The van der Waals surface area contributed by atoms with Gasteiger partial charge in [0.15, 0.2) is 0 Å². The lowest BCUT2D eigenvalue weighted by molar-refractivity contribution is -0.152. The number of carbonyl (C=O) groups is 2. The Kier molecular flexibility index (Phi) is 2.80. The number of fused-ring (bicyclic) bond motifs is 1. The van der Waals surface area contributed by atoms with Crippen LogP contribution in [0.15, 0.2) is 10.8 Å². The van der Waals surface area contributed by atoms with Crippen molar-refractivity contribution in [2.45, 2.75) is 50.7 Å².